The molecule has 0 aliphatic heterocycles. The van der Waals surface area contributed by atoms with Gasteiger partial charge in [-0.15, -0.1) is 0 Å². The highest BCUT2D eigenvalue weighted by Gasteiger charge is 2.61. The van der Waals surface area contributed by atoms with Crippen molar-refractivity contribution in [1.29, 1.82) is 0 Å². The van der Waals surface area contributed by atoms with Crippen LogP contribution in [0.5, 0.6) is 0 Å². The molecule has 0 saturated heterocycles. The monoisotopic (exact) mass is 179 g/mol. The lowest BCUT2D eigenvalue weighted by atomic mass is 10.1. The highest BCUT2D eigenvalue weighted by molar-refractivity contribution is 5.25. The van der Waals surface area contributed by atoms with Crippen molar-refractivity contribution < 1.29 is 0 Å². The van der Waals surface area contributed by atoms with Crippen molar-refractivity contribution in [3.05, 3.63) is 18.2 Å². The van der Waals surface area contributed by atoms with Crippen LogP contribution in [0.1, 0.15) is 33.0 Å². The van der Waals surface area contributed by atoms with E-state index in [4.69, 9.17) is 5.73 Å². The van der Waals surface area contributed by atoms with Gasteiger partial charge in [-0.1, -0.05) is 13.8 Å². The summed E-state index contributed by atoms with van der Waals surface area (Å²) in [5, 5.41) is 0. The van der Waals surface area contributed by atoms with Crippen molar-refractivity contribution in [2.45, 2.75) is 39.3 Å². The summed E-state index contributed by atoms with van der Waals surface area (Å²) in [6.07, 6.45) is 4.87. The van der Waals surface area contributed by atoms with Crippen molar-refractivity contribution >= 4 is 0 Å². The number of nitrogens with zero attached hydrogens (tertiary/aromatic N) is 2. The predicted molar refractivity (Wildman–Crippen MR) is 52.2 cm³/mol. The first kappa shape index (κ1) is 8.75. The molecule has 13 heavy (non-hydrogen) atoms. The normalized spacial score (nSPS) is 30.5. The van der Waals surface area contributed by atoms with Gasteiger partial charge in [0, 0.05) is 18.9 Å². The molecular weight excluding hydrogens is 162 g/mol. The second-order valence-corrected chi connectivity index (χ2v) is 4.57. The maximum absolute atomic E-state index is 6.28. The van der Waals surface area contributed by atoms with E-state index < -0.39 is 0 Å². The zero-order valence-electron chi connectivity index (χ0n) is 8.54. The molecular formula is C10H17N3. The Labute approximate surface area is 79.0 Å². The lowest BCUT2D eigenvalue weighted by Gasteiger charge is -2.15. The predicted octanol–water partition coefficient (Wildman–Crippen LogP) is 1.49. The topological polar surface area (TPSA) is 43.8 Å². The van der Waals surface area contributed by atoms with Gasteiger partial charge in [0.05, 0.1) is 5.54 Å². The van der Waals surface area contributed by atoms with E-state index >= 15 is 0 Å². The van der Waals surface area contributed by atoms with Gasteiger partial charge >= 0.3 is 0 Å². The van der Waals surface area contributed by atoms with Crippen LogP contribution in [0, 0.1) is 5.41 Å². The molecule has 0 bridgehead atoms. The van der Waals surface area contributed by atoms with Crippen molar-refractivity contribution in [3.63, 3.8) is 0 Å². The fourth-order valence-corrected chi connectivity index (χ4v) is 1.99. The first-order valence-electron chi connectivity index (χ1n) is 4.82. The van der Waals surface area contributed by atoms with Crippen molar-refractivity contribution in [2.75, 3.05) is 0 Å². The number of hydrogen-bond acceptors (Lipinski definition) is 2. The lowest BCUT2D eigenvalue weighted by molar-refractivity contribution is 0.468. The summed E-state index contributed by atoms with van der Waals surface area (Å²) in [6.45, 7) is 7.46. The molecule has 1 heterocycles. The number of rotatable bonds is 2. The molecule has 0 spiro atoms. The Bertz CT molecular complexity index is 327. The number of nitrogens with two attached hydrogens (primary N) is 1. The molecule has 1 aromatic rings. The van der Waals surface area contributed by atoms with E-state index in [2.05, 4.69) is 30.3 Å². The van der Waals surface area contributed by atoms with Crippen molar-refractivity contribution in [1.82, 2.24) is 9.55 Å². The van der Waals surface area contributed by atoms with Crippen LogP contribution < -0.4 is 5.73 Å². The molecule has 1 saturated carbocycles. The maximum atomic E-state index is 6.28. The molecule has 1 fully saturated rings. The van der Waals surface area contributed by atoms with Crippen LogP contribution in [0.25, 0.3) is 0 Å². The number of aryl methyl sites for hydroxylation is 1. The van der Waals surface area contributed by atoms with Crippen LogP contribution in [0.3, 0.4) is 0 Å². The van der Waals surface area contributed by atoms with Gasteiger partial charge < -0.3 is 10.3 Å². The van der Waals surface area contributed by atoms with E-state index in [0.717, 1.165) is 18.8 Å². The molecule has 1 unspecified atom stereocenters. The molecule has 1 aliphatic rings. The van der Waals surface area contributed by atoms with Gasteiger partial charge in [0.25, 0.3) is 0 Å². The van der Waals surface area contributed by atoms with Crippen LogP contribution in [0.4, 0.5) is 0 Å². The van der Waals surface area contributed by atoms with Crippen LogP contribution in [-0.2, 0) is 12.1 Å². The summed E-state index contributed by atoms with van der Waals surface area (Å²) < 4.78 is 2.13. The molecule has 1 atom stereocenters. The Kier molecular flexibility index (Phi) is 1.58. The Balaban J connectivity index is 2.37. The summed E-state index contributed by atoms with van der Waals surface area (Å²) in [5.74, 6) is 1.04. The standard InChI is InChI=1S/C10H17N3/c1-4-13-6-5-12-8(13)10(11)7-9(10,2)3/h5-6H,4,7,11H2,1-3H3. The van der Waals surface area contributed by atoms with E-state index in [-0.39, 0.29) is 11.0 Å². The van der Waals surface area contributed by atoms with Gasteiger partial charge in [-0.05, 0) is 18.8 Å². The first-order valence-corrected chi connectivity index (χ1v) is 4.82. The van der Waals surface area contributed by atoms with Gasteiger partial charge in [-0.25, -0.2) is 4.98 Å². The quantitative estimate of drug-likeness (QED) is 0.747. The average Bonchev–Trinajstić information content (AvgIpc) is 2.53. The minimum Gasteiger partial charge on any atom is -0.334 e. The van der Waals surface area contributed by atoms with Crippen LogP contribution >= 0.6 is 0 Å². The lowest BCUT2D eigenvalue weighted by Crippen LogP contribution is -2.29. The van der Waals surface area contributed by atoms with E-state index in [1.165, 1.54) is 0 Å². The van der Waals surface area contributed by atoms with Crippen molar-refractivity contribution in [3.8, 4) is 0 Å². The Morgan fingerprint density at radius 2 is 2.23 bits per heavy atom. The Hall–Kier alpha value is -0.830. The van der Waals surface area contributed by atoms with Crippen LogP contribution in [-0.4, -0.2) is 9.55 Å². The molecule has 3 nitrogen and oxygen atoms in total. The second-order valence-electron chi connectivity index (χ2n) is 4.57. The summed E-state index contributed by atoms with van der Waals surface area (Å²) in [5.41, 5.74) is 6.31. The molecule has 0 aromatic carbocycles. The van der Waals surface area contributed by atoms with Gasteiger partial charge in [0.15, 0.2) is 0 Å². The highest BCUT2D eigenvalue weighted by Crippen LogP contribution is 2.59. The summed E-state index contributed by atoms with van der Waals surface area (Å²) >= 11 is 0. The van der Waals surface area contributed by atoms with Crippen LogP contribution in [0.2, 0.25) is 0 Å². The summed E-state index contributed by atoms with van der Waals surface area (Å²) in [6, 6.07) is 0. The van der Waals surface area contributed by atoms with Gasteiger partial charge in [0.1, 0.15) is 5.82 Å². The maximum Gasteiger partial charge on any atom is 0.129 e. The smallest absolute Gasteiger partial charge is 0.129 e. The molecule has 0 amide bonds. The fraction of sp³-hybridized carbons (Fsp3) is 0.700. The summed E-state index contributed by atoms with van der Waals surface area (Å²) in [4.78, 5) is 4.35. The third kappa shape index (κ3) is 1.03. The third-order valence-electron chi connectivity index (χ3n) is 3.26. The fourth-order valence-electron chi connectivity index (χ4n) is 1.99. The van der Waals surface area contributed by atoms with E-state index in [0.29, 0.717) is 0 Å². The first-order chi connectivity index (χ1) is 6.01. The minimum atomic E-state index is -0.188. The largest absolute Gasteiger partial charge is 0.334 e. The molecule has 0 radical (unpaired) electrons. The highest BCUT2D eigenvalue weighted by atomic mass is 15.1. The third-order valence-corrected chi connectivity index (χ3v) is 3.26. The molecule has 1 aliphatic carbocycles. The minimum absolute atomic E-state index is 0.188. The molecule has 2 N–H and O–H groups in total. The molecule has 2 rings (SSSR count). The molecule has 1 aromatic heterocycles. The van der Waals surface area contributed by atoms with Gasteiger partial charge in [-0.3, -0.25) is 0 Å². The average molecular weight is 179 g/mol. The second kappa shape index (κ2) is 2.35. The molecule has 72 valence electrons. The number of aromatic nitrogens is 2. The summed E-state index contributed by atoms with van der Waals surface area (Å²) in [7, 11) is 0. The van der Waals surface area contributed by atoms with Crippen molar-refractivity contribution in [2.24, 2.45) is 11.1 Å². The van der Waals surface area contributed by atoms with Gasteiger partial charge in [-0.2, -0.15) is 0 Å². The van der Waals surface area contributed by atoms with E-state index in [1.807, 2.05) is 12.4 Å². The molecule has 3 heteroatoms. The van der Waals surface area contributed by atoms with E-state index in [1.54, 1.807) is 0 Å². The van der Waals surface area contributed by atoms with Gasteiger partial charge in [0.2, 0.25) is 0 Å². The zero-order valence-corrected chi connectivity index (χ0v) is 8.54. The SMILES string of the molecule is CCn1ccnc1C1(N)CC1(C)C. The number of imidazole rings is 1. The zero-order chi connectivity index (χ0) is 9.69. The van der Waals surface area contributed by atoms with E-state index in [9.17, 15) is 0 Å². The Morgan fingerprint density at radius 3 is 2.69 bits per heavy atom. The Morgan fingerprint density at radius 1 is 1.62 bits per heavy atom. The number of hydrogen-bond donors (Lipinski definition) is 1. The van der Waals surface area contributed by atoms with Crippen LogP contribution in [0.15, 0.2) is 12.4 Å².